The number of carbonyl (C=O) groups excluding carboxylic acids is 1. The van der Waals surface area contributed by atoms with Crippen LogP contribution in [0.3, 0.4) is 0 Å². The van der Waals surface area contributed by atoms with E-state index < -0.39 is 12.0 Å². The number of aromatic nitrogens is 1. The van der Waals surface area contributed by atoms with Crippen LogP contribution in [0.4, 0.5) is 21.9 Å². The molecule has 0 radical (unpaired) electrons. The number of fused-ring (bicyclic) bond motifs is 1. The predicted octanol–water partition coefficient (Wildman–Crippen LogP) is 4.24. The number of ether oxygens (including phenoxy) is 2. The van der Waals surface area contributed by atoms with Crippen LogP contribution in [0.15, 0.2) is 12.1 Å². The third-order valence-corrected chi connectivity index (χ3v) is 6.02. The van der Waals surface area contributed by atoms with Crippen LogP contribution in [0, 0.1) is 18.3 Å². The largest absolute Gasteiger partial charge is 0.477 e. The number of hydrogen-bond donors (Lipinski definition) is 2. The van der Waals surface area contributed by atoms with Gasteiger partial charge in [-0.1, -0.05) is 11.6 Å². The summed E-state index contributed by atoms with van der Waals surface area (Å²) in [6.07, 6.45) is 0. The van der Waals surface area contributed by atoms with Gasteiger partial charge in [0.25, 0.3) is 0 Å². The molecule has 2 aliphatic heterocycles. The zero-order chi connectivity index (χ0) is 20.4. The summed E-state index contributed by atoms with van der Waals surface area (Å²) in [5.74, 6) is -0.536. The molecular weight excluding hydrogens is 420 g/mol. The number of carbonyl (C=O) groups is 2. The summed E-state index contributed by atoms with van der Waals surface area (Å²) in [6, 6.07) is 4.57. The van der Waals surface area contributed by atoms with Crippen molar-refractivity contribution < 1.29 is 24.2 Å². The van der Waals surface area contributed by atoms with Crippen molar-refractivity contribution in [1.82, 2.24) is 4.98 Å². The van der Waals surface area contributed by atoms with Crippen LogP contribution in [0.25, 0.3) is 10.2 Å². The summed E-state index contributed by atoms with van der Waals surface area (Å²) in [4.78, 5) is 30.7. The van der Waals surface area contributed by atoms with Crippen molar-refractivity contribution >= 4 is 62.2 Å². The number of benzene rings is 1. The molecule has 5 rings (SSSR count). The van der Waals surface area contributed by atoms with E-state index >= 15 is 0 Å². The van der Waals surface area contributed by atoms with Crippen molar-refractivity contribution in [1.29, 1.82) is 5.26 Å². The van der Waals surface area contributed by atoms with Gasteiger partial charge in [0.05, 0.1) is 33.0 Å². The minimum Gasteiger partial charge on any atom is -0.477 e. The Morgan fingerprint density at radius 3 is 2.93 bits per heavy atom. The van der Waals surface area contributed by atoms with Crippen LogP contribution in [0.5, 0.6) is 11.5 Å². The lowest BCUT2D eigenvalue weighted by Gasteiger charge is -2.30. The van der Waals surface area contributed by atoms with Crippen LogP contribution < -0.4 is 19.7 Å². The molecule has 2 amide bonds. The van der Waals surface area contributed by atoms with Crippen molar-refractivity contribution in [3.05, 3.63) is 33.3 Å². The number of anilines is 3. The first-order valence-corrected chi connectivity index (χ1v) is 9.41. The molecular formula is C18H9ClN4O5S. The van der Waals surface area contributed by atoms with Gasteiger partial charge in [0.1, 0.15) is 21.5 Å². The zero-order valence-corrected chi connectivity index (χ0v) is 16.1. The monoisotopic (exact) mass is 428 g/mol. The number of halogens is 1. The molecule has 0 fully saturated rings. The van der Waals surface area contributed by atoms with E-state index in [-0.39, 0.29) is 45.1 Å². The molecule has 0 unspecified atom stereocenters. The van der Waals surface area contributed by atoms with Gasteiger partial charge < -0.3 is 19.9 Å². The van der Waals surface area contributed by atoms with Crippen molar-refractivity contribution in [3.8, 4) is 17.6 Å². The standard InChI is InChI=1S/C18H9ClN4O5S/c1-6-7(4-20)12-10-11(15(17(24)25)29-16(10)21-6)22-18(26)23(12)13-8(19)2-3-9-14(13)28-5-27-9/h2-3H,5H2,1H3,(H,22,26)(H,24,25). The summed E-state index contributed by atoms with van der Waals surface area (Å²) in [6.45, 7) is 1.58. The van der Waals surface area contributed by atoms with Crippen LogP contribution in [0.2, 0.25) is 5.02 Å². The number of thiophene rings is 1. The molecule has 0 aliphatic carbocycles. The van der Waals surface area contributed by atoms with Crippen molar-refractivity contribution in [2.24, 2.45) is 0 Å². The van der Waals surface area contributed by atoms with Gasteiger partial charge in [-0.05, 0) is 19.1 Å². The van der Waals surface area contributed by atoms with Gasteiger partial charge in [0.2, 0.25) is 6.79 Å². The number of aromatic carboxylic acids is 1. The molecule has 11 heteroatoms. The Hall–Kier alpha value is -3.55. The Balaban J connectivity index is 1.92. The van der Waals surface area contributed by atoms with E-state index in [2.05, 4.69) is 16.4 Å². The molecule has 4 heterocycles. The highest BCUT2D eigenvalue weighted by molar-refractivity contribution is 7.21. The number of hydrogen-bond acceptors (Lipinski definition) is 7. The minimum atomic E-state index is -1.20. The van der Waals surface area contributed by atoms with Gasteiger partial charge in [-0.3, -0.25) is 4.90 Å². The van der Waals surface area contributed by atoms with Crippen molar-refractivity contribution in [3.63, 3.8) is 0 Å². The van der Waals surface area contributed by atoms with Gasteiger partial charge in [-0.15, -0.1) is 11.3 Å². The van der Waals surface area contributed by atoms with Crippen molar-refractivity contribution in [2.75, 3.05) is 17.0 Å². The lowest BCUT2D eigenvalue weighted by Crippen LogP contribution is -2.35. The maximum Gasteiger partial charge on any atom is 0.348 e. The lowest BCUT2D eigenvalue weighted by molar-refractivity contribution is 0.0703. The van der Waals surface area contributed by atoms with E-state index in [9.17, 15) is 20.0 Å². The Labute approximate surface area is 171 Å². The first kappa shape index (κ1) is 17.5. The fourth-order valence-corrected chi connectivity index (χ4v) is 4.72. The number of rotatable bonds is 2. The van der Waals surface area contributed by atoms with Gasteiger partial charge in [0, 0.05) is 0 Å². The van der Waals surface area contributed by atoms with E-state index in [4.69, 9.17) is 21.1 Å². The quantitative estimate of drug-likeness (QED) is 0.625. The smallest absolute Gasteiger partial charge is 0.348 e. The second kappa shape index (κ2) is 5.97. The van der Waals surface area contributed by atoms with Gasteiger partial charge >= 0.3 is 12.0 Å². The molecule has 29 heavy (non-hydrogen) atoms. The molecule has 3 aromatic rings. The van der Waals surface area contributed by atoms with E-state index in [0.29, 0.717) is 21.7 Å². The summed E-state index contributed by atoms with van der Waals surface area (Å²) < 4.78 is 10.9. The number of carboxylic acids is 1. The number of pyridine rings is 1. The van der Waals surface area contributed by atoms with E-state index in [1.807, 2.05) is 0 Å². The second-order valence-electron chi connectivity index (χ2n) is 6.22. The highest BCUT2D eigenvalue weighted by Crippen LogP contribution is 2.53. The number of aryl methyl sites for hydroxylation is 1. The average molecular weight is 429 g/mol. The molecule has 1 aromatic carbocycles. The van der Waals surface area contributed by atoms with E-state index in [0.717, 1.165) is 11.3 Å². The minimum absolute atomic E-state index is 0.0408. The average Bonchev–Trinajstić information content (AvgIpc) is 3.28. The molecule has 2 aliphatic rings. The second-order valence-corrected chi connectivity index (χ2v) is 7.63. The highest BCUT2D eigenvalue weighted by Gasteiger charge is 2.39. The van der Waals surface area contributed by atoms with Gasteiger partial charge in [-0.2, -0.15) is 5.26 Å². The molecule has 0 saturated heterocycles. The normalized spacial score (nSPS) is 14.1. The number of urea groups is 1. The topological polar surface area (TPSA) is 125 Å². The Morgan fingerprint density at radius 2 is 2.21 bits per heavy atom. The molecule has 144 valence electrons. The number of nitrogens with zero attached hydrogens (tertiary/aromatic N) is 3. The van der Waals surface area contributed by atoms with E-state index in [1.54, 1.807) is 19.1 Å². The number of carboxylic acid groups (broad SMARTS) is 1. The third-order valence-electron chi connectivity index (χ3n) is 4.65. The zero-order valence-electron chi connectivity index (χ0n) is 14.6. The molecule has 0 spiro atoms. The van der Waals surface area contributed by atoms with Gasteiger partial charge in [0.15, 0.2) is 11.5 Å². The predicted molar refractivity (Wildman–Crippen MR) is 105 cm³/mol. The first-order chi connectivity index (χ1) is 13.9. The maximum absolute atomic E-state index is 13.1. The SMILES string of the molecule is Cc1nc2sc(C(=O)O)c3c2c(c1C#N)N(c1c(Cl)ccc2c1OCO2)C(=O)N3. The van der Waals surface area contributed by atoms with Gasteiger partial charge in [-0.25, -0.2) is 14.6 Å². The van der Waals surface area contributed by atoms with E-state index in [1.165, 1.54) is 4.90 Å². The first-order valence-electron chi connectivity index (χ1n) is 8.22. The third kappa shape index (κ3) is 2.28. The fourth-order valence-electron chi connectivity index (χ4n) is 3.47. The van der Waals surface area contributed by atoms with Crippen molar-refractivity contribution in [2.45, 2.75) is 6.92 Å². The molecule has 0 saturated carbocycles. The summed E-state index contributed by atoms with van der Waals surface area (Å²) >= 11 is 7.33. The highest BCUT2D eigenvalue weighted by atomic mass is 35.5. The van der Waals surface area contributed by atoms with Crippen LogP contribution in [-0.2, 0) is 0 Å². The summed E-state index contributed by atoms with van der Waals surface area (Å²) in [5, 5.41) is 22.5. The number of nitriles is 1. The number of nitrogens with one attached hydrogen (secondary N) is 1. The van der Waals surface area contributed by atoms with Crippen LogP contribution in [0.1, 0.15) is 20.9 Å². The Bertz CT molecular complexity index is 1310. The lowest BCUT2D eigenvalue weighted by atomic mass is 10.0. The number of amides is 2. The van der Waals surface area contributed by atoms with Crippen LogP contribution in [-0.4, -0.2) is 28.9 Å². The molecule has 0 atom stereocenters. The summed E-state index contributed by atoms with van der Waals surface area (Å²) in [7, 11) is 0. The molecule has 0 bridgehead atoms. The maximum atomic E-state index is 13.1. The van der Waals surface area contributed by atoms with Crippen LogP contribution >= 0.6 is 22.9 Å². The Kier molecular flexibility index (Phi) is 3.61. The summed E-state index contributed by atoms with van der Waals surface area (Å²) in [5.41, 5.74) is 1.02. The molecule has 2 N–H and O–H groups in total. The molecule has 2 aromatic heterocycles. The molecule has 9 nitrogen and oxygen atoms in total. The fraction of sp³-hybridized carbons (Fsp3) is 0.111. The Morgan fingerprint density at radius 1 is 1.41 bits per heavy atom.